The Morgan fingerprint density at radius 2 is 1.62 bits per heavy atom. The summed E-state index contributed by atoms with van der Waals surface area (Å²) in [5.74, 6) is 0.132. The van der Waals surface area contributed by atoms with Gasteiger partial charge in [-0.25, -0.2) is 9.79 Å². The molecule has 3 rings (SSSR count). The van der Waals surface area contributed by atoms with Gasteiger partial charge in [-0.1, -0.05) is 61.9 Å². The summed E-state index contributed by atoms with van der Waals surface area (Å²) < 4.78 is 5.48. The number of hydrogen-bond donors (Lipinski definition) is 0. The largest absolute Gasteiger partial charge is 0.405 e. The molecule has 0 aliphatic carbocycles. The Morgan fingerprint density at radius 1 is 1.00 bits per heavy atom. The van der Waals surface area contributed by atoms with Crippen molar-refractivity contribution in [2.24, 2.45) is 4.99 Å². The second kappa shape index (κ2) is 5.52. The van der Waals surface area contributed by atoms with Gasteiger partial charge in [-0.3, -0.25) is 0 Å². The topological polar surface area (TPSA) is 38.7 Å². The molecule has 0 amide bonds. The number of hydrogen-bond acceptors (Lipinski definition) is 3. The highest BCUT2D eigenvalue weighted by Crippen LogP contribution is 2.37. The molecule has 0 saturated heterocycles. The van der Waals surface area contributed by atoms with Crippen LogP contribution in [0.15, 0.2) is 65.7 Å². The first-order valence-electron chi connectivity index (χ1n) is 7.19. The number of carbonyl (C=O) groups excluding carboxylic acids is 1. The predicted octanol–water partition coefficient (Wildman–Crippen LogP) is 3.69. The maximum atomic E-state index is 12.5. The highest BCUT2D eigenvalue weighted by atomic mass is 16.6. The summed E-state index contributed by atoms with van der Waals surface area (Å²) in [4.78, 5) is 17.2. The molecule has 2 aromatic carbocycles. The number of aliphatic imine (C=N–C) groups is 1. The normalized spacial score (nSPS) is 21.0. The number of rotatable bonds is 4. The zero-order valence-electron chi connectivity index (χ0n) is 12.0. The molecule has 0 saturated carbocycles. The van der Waals surface area contributed by atoms with E-state index in [0.29, 0.717) is 12.3 Å². The molecule has 3 heteroatoms. The van der Waals surface area contributed by atoms with E-state index in [9.17, 15) is 4.79 Å². The van der Waals surface area contributed by atoms with E-state index in [4.69, 9.17) is 4.74 Å². The van der Waals surface area contributed by atoms with Gasteiger partial charge in [0.25, 0.3) is 0 Å². The van der Waals surface area contributed by atoms with E-state index in [1.807, 2.05) is 67.6 Å². The van der Waals surface area contributed by atoms with Crippen LogP contribution in [0.1, 0.15) is 30.9 Å². The summed E-state index contributed by atoms with van der Waals surface area (Å²) in [6, 6.07) is 19.2. The van der Waals surface area contributed by atoms with Crippen LogP contribution < -0.4 is 0 Å². The Kier molecular flexibility index (Phi) is 3.57. The lowest BCUT2D eigenvalue weighted by Gasteiger charge is -2.21. The molecular weight excluding hydrogens is 262 g/mol. The highest BCUT2D eigenvalue weighted by Gasteiger charge is 2.46. The van der Waals surface area contributed by atoms with Crippen LogP contribution in [0.4, 0.5) is 0 Å². The van der Waals surface area contributed by atoms with Gasteiger partial charge in [-0.05, 0) is 24.1 Å². The minimum Gasteiger partial charge on any atom is -0.405 e. The Bertz CT molecular complexity index is 664. The summed E-state index contributed by atoms with van der Waals surface area (Å²) in [6.07, 6.45) is 1.50. The molecule has 0 N–H and O–H groups in total. The van der Waals surface area contributed by atoms with Crippen molar-refractivity contribution in [1.29, 1.82) is 0 Å². The van der Waals surface area contributed by atoms with E-state index >= 15 is 0 Å². The third kappa shape index (κ3) is 2.35. The van der Waals surface area contributed by atoms with Gasteiger partial charge in [-0.2, -0.15) is 0 Å². The van der Waals surface area contributed by atoms with Gasteiger partial charge >= 0.3 is 5.97 Å². The highest BCUT2D eigenvalue weighted by molar-refractivity contribution is 6.08. The fourth-order valence-electron chi connectivity index (χ4n) is 2.68. The third-order valence-corrected chi connectivity index (χ3v) is 3.70. The summed E-state index contributed by atoms with van der Waals surface area (Å²) in [5.41, 5.74) is 0.823. The number of carbonyl (C=O) groups is 1. The van der Waals surface area contributed by atoms with Crippen molar-refractivity contribution in [2.45, 2.75) is 25.3 Å². The quantitative estimate of drug-likeness (QED) is 0.801. The van der Waals surface area contributed by atoms with Crippen molar-refractivity contribution in [3.05, 3.63) is 71.8 Å². The number of ether oxygens (including phenoxy) is 1. The molecule has 0 fully saturated rings. The molecule has 0 radical (unpaired) electrons. The molecule has 0 unspecified atom stereocenters. The molecule has 0 spiro atoms. The molecular formula is C18H17NO2. The second-order valence-electron chi connectivity index (χ2n) is 5.15. The number of cyclic esters (lactones) is 1. The Labute approximate surface area is 124 Å². The molecule has 1 heterocycles. The van der Waals surface area contributed by atoms with Crippen LogP contribution in [0, 0.1) is 0 Å². The minimum atomic E-state index is -0.902. The van der Waals surface area contributed by atoms with Gasteiger partial charge in [0.15, 0.2) is 5.54 Å². The van der Waals surface area contributed by atoms with Crippen molar-refractivity contribution < 1.29 is 9.53 Å². The average Bonchev–Trinajstić information content (AvgIpc) is 2.88. The van der Waals surface area contributed by atoms with E-state index in [0.717, 1.165) is 17.5 Å². The fourth-order valence-corrected chi connectivity index (χ4v) is 2.68. The lowest BCUT2D eigenvalue weighted by molar-refractivity contribution is -0.139. The SMILES string of the molecule is CCC[C@]1(c2ccccc2)N=C(c2ccccc2)OC1=O. The smallest absolute Gasteiger partial charge is 0.345 e. The van der Waals surface area contributed by atoms with Crippen LogP contribution >= 0.6 is 0 Å². The molecule has 2 aromatic rings. The molecule has 1 aliphatic heterocycles. The van der Waals surface area contributed by atoms with E-state index in [-0.39, 0.29) is 5.97 Å². The van der Waals surface area contributed by atoms with Crippen LogP contribution in [0.25, 0.3) is 0 Å². The molecule has 106 valence electrons. The summed E-state index contributed by atoms with van der Waals surface area (Å²) in [6.45, 7) is 2.05. The average molecular weight is 279 g/mol. The summed E-state index contributed by atoms with van der Waals surface area (Å²) in [7, 11) is 0. The number of benzene rings is 2. The standard InChI is InChI=1S/C18H17NO2/c1-2-13-18(15-11-7-4-8-12-15)17(20)21-16(19-18)14-9-5-3-6-10-14/h3-12H,2,13H2,1H3/t18-/m1/s1. The zero-order valence-corrected chi connectivity index (χ0v) is 12.0. The molecule has 1 atom stereocenters. The van der Waals surface area contributed by atoms with Crippen molar-refractivity contribution in [1.82, 2.24) is 0 Å². The lowest BCUT2D eigenvalue weighted by atomic mass is 9.86. The van der Waals surface area contributed by atoms with Crippen LogP contribution in [-0.4, -0.2) is 11.9 Å². The fraction of sp³-hybridized carbons (Fsp3) is 0.222. The molecule has 3 nitrogen and oxygen atoms in total. The van der Waals surface area contributed by atoms with Crippen LogP contribution in [-0.2, 0) is 15.1 Å². The van der Waals surface area contributed by atoms with Gasteiger partial charge in [0.1, 0.15) is 0 Å². The van der Waals surface area contributed by atoms with Gasteiger partial charge in [0, 0.05) is 5.56 Å². The number of esters is 1. The van der Waals surface area contributed by atoms with Crippen molar-refractivity contribution in [2.75, 3.05) is 0 Å². The van der Waals surface area contributed by atoms with Crippen LogP contribution in [0.2, 0.25) is 0 Å². The molecule has 1 aliphatic rings. The van der Waals surface area contributed by atoms with Gasteiger partial charge in [0.2, 0.25) is 5.90 Å². The first-order valence-corrected chi connectivity index (χ1v) is 7.19. The van der Waals surface area contributed by atoms with Crippen molar-refractivity contribution >= 4 is 11.9 Å². The van der Waals surface area contributed by atoms with E-state index in [1.54, 1.807) is 0 Å². The number of nitrogens with zero attached hydrogens (tertiary/aromatic N) is 1. The van der Waals surface area contributed by atoms with E-state index in [2.05, 4.69) is 4.99 Å². The zero-order chi connectivity index (χ0) is 14.7. The van der Waals surface area contributed by atoms with Crippen LogP contribution in [0.3, 0.4) is 0 Å². The van der Waals surface area contributed by atoms with Crippen molar-refractivity contribution in [3.8, 4) is 0 Å². The third-order valence-electron chi connectivity index (χ3n) is 3.70. The maximum absolute atomic E-state index is 12.5. The van der Waals surface area contributed by atoms with Crippen LogP contribution in [0.5, 0.6) is 0 Å². The maximum Gasteiger partial charge on any atom is 0.345 e. The van der Waals surface area contributed by atoms with E-state index < -0.39 is 5.54 Å². The van der Waals surface area contributed by atoms with Gasteiger partial charge in [0.05, 0.1) is 0 Å². The Hall–Kier alpha value is -2.42. The Balaban J connectivity index is 2.08. The molecule has 21 heavy (non-hydrogen) atoms. The monoisotopic (exact) mass is 279 g/mol. The minimum absolute atomic E-state index is 0.283. The lowest BCUT2D eigenvalue weighted by Crippen LogP contribution is -2.30. The predicted molar refractivity (Wildman–Crippen MR) is 82.1 cm³/mol. The van der Waals surface area contributed by atoms with Crippen molar-refractivity contribution in [3.63, 3.8) is 0 Å². The van der Waals surface area contributed by atoms with E-state index in [1.165, 1.54) is 0 Å². The van der Waals surface area contributed by atoms with Gasteiger partial charge < -0.3 is 4.74 Å². The first-order chi connectivity index (χ1) is 10.3. The second-order valence-corrected chi connectivity index (χ2v) is 5.15. The summed E-state index contributed by atoms with van der Waals surface area (Å²) >= 11 is 0. The molecule has 0 aromatic heterocycles. The van der Waals surface area contributed by atoms with Gasteiger partial charge in [-0.15, -0.1) is 0 Å². The Morgan fingerprint density at radius 3 is 2.24 bits per heavy atom. The first kappa shape index (κ1) is 13.6. The summed E-state index contributed by atoms with van der Waals surface area (Å²) in [5, 5.41) is 0. The molecule has 0 bridgehead atoms.